The monoisotopic (exact) mass is 337 g/mol. The number of amides is 1. The molecule has 8 heteroatoms. The Balaban J connectivity index is 1.81. The molecule has 20 heavy (non-hydrogen) atoms. The van der Waals surface area contributed by atoms with Gasteiger partial charge in [-0.3, -0.25) is 4.79 Å². The van der Waals surface area contributed by atoms with Crippen LogP contribution in [0.15, 0.2) is 16.3 Å². The summed E-state index contributed by atoms with van der Waals surface area (Å²) in [6.07, 6.45) is 1.30. The van der Waals surface area contributed by atoms with Crippen molar-refractivity contribution in [2.45, 2.75) is 30.1 Å². The minimum atomic E-state index is -3.66. The standard InChI is InChI=1S/C12H16ClNO4S2/c1-8-10(5-7-18-8)12(15)14-6-4-9-2-3-11(19-9)20(13,16)17/h2-3,8,10H,4-7H2,1H3,(H,14,15). The van der Waals surface area contributed by atoms with Crippen LogP contribution in [0.3, 0.4) is 0 Å². The number of nitrogens with one attached hydrogen (secondary N) is 1. The Morgan fingerprint density at radius 1 is 1.55 bits per heavy atom. The third kappa shape index (κ3) is 3.94. The number of halogens is 1. The summed E-state index contributed by atoms with van der Waals surface area (Å²) in [5.41, 5.74) is 0. The molecule has 0 bridgehead atoms. The number of rotatable bonds is 5. The lowest BCUT2D eigenvalue weighted by atomic mass is 10.0. The van der Waals surface area contributed by atoms with Crippen molar-refractivity contribution in [3.05, 3.63) is 17.0 Å². The fraction of sp³-hybridized carbons (Fsp3) is 0.583. The van der Waals surface area contributed by atoms with Gasteiger partial charge in [0, 0.05) is 28.7 Å². The van der Waals surface area contributed by atoms with Crippen LogP contribution >= 0.6 is 22.0 Å². The van der Waals surface area contributed by atoms with Crippen LogP contribution in [0.25, 0.3) is 0 Å². The molecule has 5 nitrogen and oxygen atoms in total. The molecular formula is C12H16ClNO4S2. The van der Waals surface area contributed by atoms with Crippen LogP contribution in [-0.4, -0.2) is 33.6 Å². The molecule has 1 aromatic heterocycles. The van der Waals surface area contributed by atoms with Gasteiger partial charge in [-0.1, -0.05) is 0 Å². The molecule has 0 spiro atoms. The highest BCUT2D eigenvalue weighted by Gasteiger charge is 2.30. The second-order valence-corrected chi connectivity index (χ2v) is 8.63. The van der Waals surface area contributed by atoms with Crippen molar-refractivity contribution in [3.8, 4) is 0 Å². The van der Waals surface area contributed by atoms with Gasteiger partial charge in [0.2, 0.25) is 5.91 Å². The van der Waals surface area contributed by atoms with E-state index in [1.807, 2.05) is 6.92 Å². The lowest BCUT2D eigenvalue weighted by Gasteiger charge is -2.13. The van der Waals surface area contributed by atoms with Crippen LogP contribution < -0.4 is 5.32 Å². The largest absolute Gasteiger partial charge is 0.378 e. The lowest BCUT2D eigenvalue weighted by Crippen LogP contribution is -2.35. The van der Waals surface area contributed by atoms with E-state index in [1.54, 1.807) is 6.07 Å². The third-order valence-corrected chi connectivity index (χ3v) is 6.50. The van der Waals surface area contributed by atoms with E-state index >= 15 is 0 Å². The Morgan fingerprint density at radius 3 is 2.85 bits per heavy atom. The number of carbonyl (C=O) groups is 1. The fourth-order valence-corrected chi connectivity index (χ4v) is 4.26. The van der Waals surface area contributed by atoms with E-state index in [0.717, 1.165) is 22.6 Å². The normalized spacial score (nSPS) is 22.9. The summed E-state index contributed by atoms with van der Waals surface area (Å²) in [6.45, 7) is 3.00. The first-order valence-electron chi connectivity index (χ1n) is 6.30. The van der Waals surface area contributed by atoms with Crippen LogP contribution in [0.2, 0.25) is 0 Å². The maximum Gasteiger partial charge on any atom is 0.270 e. The molecule has 1 saturated heterocycles. The Kier molecular flexibility index (Phi) is 5.06. The summed E-state index contributed by atoms with van der Waals surface area (Å²) in [6, 6.07) is 3.20. The summed E-state index contributed by atoms with van der Waals surface area (Å²) in [4.78, 5) is 12.8. The van der Waals surface area contributed by atoms with Gasteiger partial charge in [-0.25, -0.2) is 8.42 Å². The molecule has 112 valence electrons. The molecule has 2 unspecified atom stereocenters. The Labute approximate surface area is 126 Å². The minimum absolute atomic E-state index is 0.00301. The average Bonchev–Trinajstić information content (AvgIpc) is 2.97. The van der Waals surface area contributed by atoms with Gasteiger partial charge in [0.1, 0.15) is 4.21 Å². The predicted molar refractivity (Wildman–Crippen MR) is 77.6 cm³/mol. The van der Waals surface area contributed by atoms with E-state index in [0.29, 0.717) is 19.6 Å². The molecule has 0 radical (unpaired) electrons. The van der Waals surface area contributed by atoms with Crippen molar-refractivity contribution < 1.29 is 17.9 Å². The molecule has 1 N–H and O–H groups in total. The first-order chi connectivity index (χ1) is 9.38. The summed E-state index contributed by atoms with van der Waals surface area (Å²) in [7, 11) is 1.60. The van der Waals surface area contributed by atoms with Crippen LogP contribution in [0.1, 0.15) is 18.2 Å². The van der Waals surface area contributed by atoms with Crippen molar-refractivity contribution >= 4 is 37.0 Å². The molecule has 1 aromatic rings. The third-order valence-electron chi connectivity index (χ3n) is 3.26. The summed E-state index contributed by atoms with van der Waals surface area (Å²) < 4.78 is 27.8. The van der Waals surface area contributed by atoms with Gasteiger partial charge in [-0.15, -0.1) is 11.3 Å². The SMILES string of the molecule is CC1OCCC1C(=O)NCCc1ccc(S(=O)(=O)Cl)s1. The molecule has 2 atom stereocenters. The van der Waals surface area contributed by atoms with Crippen LogP contribution in [0.5, 0.6) is 0 Å². The summed E-state index contributed by atoms with van der Waals surface area (Å²) >= 11 is 1.13. The van der Waals surface area contributed by atoms with Crippen molar-refractivity contribution in [3.63, 3.8) is 0 Å². The highest BCUT2D eigenvalue weighted by Crippen LogP contribution is 2.25. The molecular weight excluding hydrogens is 322 g/mol. The molecule has 0 aliphatic carbocycles. The summed E-state index contributed by atoms with van der Waals surface area (Å²) in [5.74, 6) is -0.0890. The lowest BCUT2D eigenvalue weighted by molar-refractivity contribution is -0.126. The van der Waals surface area contributed by atoms with E-state index in [1.165, 1.54) is 6.07 Å². The number of carbonyl (C=O) groups excluding carboxylic acids is 1. The van der Waals surface area contributed by atoms with E-state index in [2.05, 4.69) is 5.32 Å². The molecule has 1 amide bonds. The predicted octanol–water partition coefficient (Wildman–Crippen LogP) is 1.76. The van der Waals surface area contributed by atoms with Crippen molar-refractivity contribution in [2.24, 2.45) is 5.92 Å². The van der Waals surface area contributed by atoms with Crippen LogP contribution in [0, 0.1) is 5.92 Å². The molecule has 1 aliphatic heterocycles. The van der Waals surface area contributed by atoms with E-state index < -0.39 is 9.05 Å². The van der Waals surface area contributed by atoms with Gasteiger partial charge in [0.25, 0.3) is 9.05 Å². The molecule has 1 aliphatic rings. The Morgan fingerprint density at radius 2 is 2.30 bits per heavy atom. The van der Waals surface area contributed by atoms with Gasteiger partial charge < -0.3 is 10.1 Å². The van der Waals surface area contributed by atoms with Gasteiger partial charge in [0.15, 0.2) is 0 Å². The Bertz CT molecular complexity index is 584. The van der Waals surface area contributed by atoms with Gasteiger partial charge in [0.05, 0.1) is 12.0 Å². The zero-order valence-electron chi connectivity index (χ0n) is 11.0. The molecule has 0 aromatic carbocycles. The molecule has 2 rings (SSSR count). The highest BCUT2D eigenvalue weighted by atomic mass is 35.7. The highest BCUT2D eigenvalue weighted by molar-refractivity contribution is 8.15. The van der Waals surface area contributed by atoms with E-state index in [4.69, 9.17) is 15.4 Å². The average molecular weight is 338 g/mol. The van der Waals surface area contributed by atoms with Crippen LogP contribution in [-0.2, 0) is 25.0 Å². The second kappa shape index (κ2) is 6.43. The fourth-order valence-electron chi connectivity index (χ4n) is 2.14. The van der Waals surface area contributed by atoms with Crippen molar-refractivity contribution in [1.29, 1.82) is 0 Å². The zero-order valence-corrected chi connectivity index (χ0v) is 13.4. The van der Waals surface area contributed by atoms with E-state index in [-0.39, 0.29) is 22.1 Å². The molecule has 1 fully saturated rings. The van der Waals surface area contributed by atoms with Gasteiger partial charge in [-0.2, -0.15) is 0 Å². The first-order valence-corrected chi connectivity index (χ1v) is 9.43. The maximum absolute atomic E-state index is 11.9. The van der Waals surface area contributed by atoms with Crippen molar-refractivity contribution in [2.75, 3.05) is 13.2 Å². The number of hydrogen-bond donors (Lipinski definition) is 1. The molecule has 0 saturated carbocycles. The number of thiophene rings is 1. The minimum Gasteiger partial charge on any atom is -0.378 e. The Hall–Kier alpha value is -0.630. The first kappa shape index (κ1) is 15.8. The van der Waals surface area contributed by atoms with Crippen molar-refractivity contribution in [1.82, 2.24) is 5.32 Å². The smallest absolute Gasteiger partial charge is 0.270 e. The zero-order chi connectivity index (χ0) is 14.8. The van der Waals surface area contributed by atoms with E-state index in [9.17, 15) is 13.2 Å². The molecule has 2 heterocycles. The van der Waals surface area contributed by atoms with Crippen LogP contribution in [0.4, 0.5) is 0 Å². The van der Waals surface area contributed by atoms with Gasteiger partial charge in [-0.05, 0) is 31.9 Å². The topological polar surface area (TPSA) is 72.5 Å². The number of hydrogen-bond acceptors (Lipinski definition) is 5. The number of ether oxygens (including phenoxy) is 1. The maximum atomic E-state index is 11.9. The van der Waals surface area contributed by atoms with Gasteiger partial charge >= 0.3 is 0 Å². The second-order valence-electron chi connectivity index (χ2n) is 4.67. The quantitative estimate of drug-likeness (QED) is 0.831. The summed E-state index contributed by atoms with van der Waals surface area (Å²) in [5, 5.41) is 2.86.